The standard InChI is InChI=1S/C5H2F4N2S/c6-3-4(12)10-1-2(11-3)5(7,8)9/h1H,(H,10,12). The van der Waals surface area contributed by atoms with Gasteiger partial charge in [-0.2, -0.15) is 17.6 Å². The van der Waals surface area contributed by atoms with E-state index in [0.29, 0.717) is 6.20 Å². The molecule has 0 amide bonds. The summed E-state index contributed by atoms with van der Waals surface area (Å²) in [6, 6.07) is 0. The fourth-order valence-corrected chi connectivity index (χ4v) is 0.632. The molecule has 0 aromatic carbocycles. The first-order valence-electron chi connectivity index (χ1n) is 2.73. The Morgan fingerprint density at radius 2 is 2.00 bits per heavy atom. The second-order valence-electron chi connectivity index (χ2n) is 1.90. The highest BCUT2D eigenvalue weighted by molar-refractivity contribution is 7.71. The molecule has 12 heavy (non-hydrogen) atoms. The lowest BCUT2D eigenvalue weighted by atomic mass is 10.4. The van der Waals surface area contributed by atoms with Crippen LogP contribution in [0.1, 0.15) is 5.69 Å². The van der Waals surface area contributed by atoms with Crippen LogP contribution in [0.4, 0.5) is 17.6 Å². The summed E-state index contributed by atoms with van der Waals surface area (Å²) in [5.41, 5.74) is -1.33. The molecule has 0 spiro atoms. The Bertz CT molecular complexity index is 342. The topological polar surface area (TPSA) is 28.7 Å². The van der Waals surface area contributed by atoms with Gasteiger partial charge in [-0.15, -0.1) is 0 Å². The summed E-state index contributed by atoms with van der Waals surface area (Å²) in [6.45, 7) is 0. The van der Waals surface area contributed by atoms with Gasteiger partial charge in [0, 0.05) is 6.20 Å². The predicted molar refractivity (Wildman–Crippen MR) is 34.4 cm³/mol. The molecule has 1 heterocycles. The van der Waals surface area contributed by atoms with Crippen molar-refractivity contribution in [2.75, 3.05) is 0 Å². The van der Waals surface area contributed by atoms with Crippen LogP contribution < -0.4 is 0 Å². The van der Waals surface area contributed by atoms with Crippen LogP contribution in [-0.2, 0) is 6.18 Å². The lowest BCUT2D eigenvalue weighted by Gasteiger charge is -2.03. The molecule has 2 nitrogen and oxygen atoms in total. The highest BCUT2D eigenvalue weighted by atomic mass is 32.1. The van der Waals surface area contributed by atoms with E-state index in [1.54, 1.807) is 0 Å². The van der Waals surface area contributed by atoms with E-state index in [9.17, 15) is 17.6 Å². The van der Waals surface area contributed by atoms with E-state index in [1.165, 1.54) is 0 Å². The molecular formula is C5H2F4N2S. The number of alkyl halides is 3. The highest BCUT2D eigenvalue weighted by Gasteiger charge is 2.33. The largest absolute Gasteiger partial charge is 0.434 e. The zero-order valence-electron chi connectivity index (χ0n) is 5.44. The van der Waals surface area contributed by atoms with E-state index in [-0.39, 0.29) is 0 Å². The molecule has 0 saturated heterocycles. The number of halogens is 4. The minimum Gasteiger partial charge on any atom is -0.347 e. The van der Waals surface area contributed by atoms with Crippen LogP contribution in [0.15, 0.2) is 6.20 Å². The molecule has 7 heteroatoms. The maximum Gasteiger partial charge on any atom is 0.434 e. The Morgan fingerprint density at radius 1 is 1.42 bits per heavy atom. The van der Waals surface area contributed by atoms with Gasteiger partial charge in [0.25, 0.3) is 0 Å². The smallest absolute Gasteiger partial charge is 0.347 e. The molecule has 1 aromatic rings. The van der Waals surface area contributed by atoms with Crippen molar-refractivity contribution in [1.29, 1.82) is 0 Å². The zero-order chi connectivity index (χ0) is 9.35. The highest BCUT2D eigenvalue weighted by Crippen LogP contribution is 2.26. The fourth-order valence-electron chi connectivity index (χ4n) is 0.527. The minimum absolute atomic E-state index is 0.442. The van der Waals surface area contributed by atoms with E-state index in [2.05, 4.69) is 17.2 Å². The van der Waals surface area contributed by atoms with Crippen molar-refractivity contribution in [2.45, 2.75) is 6.18 Å². The van der Waals surface area contributed by atoms with Crippen molar-refractivity contribution in [1.82, 2.24) is 9.97 Å². The number of hydrogen-bond donors (Lipinski definition) is 1. The Labute approximate surface area is 69.3 Å². The Hall–Kier alpha value is -0.980. The van der Waals surface area contributed by atoms with Crippen molar-refractivity contribution in [3.63, 3.8) is 0 Å². The molecule has 1 N–H and O–H groups in total. The van der Waals surface area contributed by atoms with E-state index in [4.69, 9.17) is 0 Å². The number of aromatic amines is 1. The first kappa shape index (κ1) is 9.11. The number of rotatable bonds is 0. The van der Waals surface area contributed by atoms with Crippen LogP contribution >= 0.6 is 12.2 Å². The molecule has 0 radical (unpaired) electrons. The lowest BCUT2D eigenvalue weighted by molar-refractivity contribution is -0.141. The number of nitrogens with one attached hydrogen (secondary N) is 1. The first-order valence-corrected chi connectivity index (χ1v) is 3.14. The summed E-state index contributed by atoms with van der Waals surface area (Å²) in [7, 11) is 0. The van der Waals surface area contributed by atoms with Gasteiger partial charge in [0.2, 0.25) is 5.95 Å². The molecular weight excluding hydrogens is 196 g/mol. The van der Waals surface area contributed by atoms with Gasteiger partial charge in [0.1, 0.15) is 0 Å². The lowest BCUT2D eigenvalue weighted by Crippen LogP contribution is -2.09. The second-order valence-corrected chi connectivity index (χ2v) is 2.31. The van der Waals surface area contributed by atoms with Gasteiger partial charge >= 0.3 is 6.18 Å². The normalized spacial score (nSPS) is 11.7. The molecule has 0 unspecified atom stereocenters. The predicted octanol–water partition coefficient (Wildman–Crippen LogP) is 2.30. The summed E-state index contributed by atoms with van der Waals surface area (Å²) in [5, 5.41) is 0. The SMILES string of the molecule is Fc1nc(C(F)(F)F)c[nH]c1=S. The van der Waals surface area contributed by atoms with Crippen LogP contribution in [0.5, 0.6) is 0 Å². The molecule has 0 aliphatic rings. The van der Waals surface area contributed by atoms with Crippen LogP contribution in [-0.4, -0.2) is 9.97 Å². The third-order valence-corrected chi connectivity index (χ3v) is 1.32. The van der Waals surface area contributed by atoms with Gasteiger partial charge in [-0.3, -0.25) is 0 Å². The number of nitrogens with zero attached hydrogens (tertiary/aromatic N) is 1. The van der Waals surface area contributed by atoms with Crippen molar-refractivity contribution >= 4 is 12.2 Å². The van der Waals surface area contributed by atoms with Crippen molar-refractivity contribution in [2.24, 2.45) is 0 Å². The van der Waals surface area contributed by atoms with E-state index >= 15 is 0 Å². The maximum absolute atomic E-state index is 12.4. The summed E-state index contributed by atoms with van der Waals surface area (Å²) < 4.78 is 47.4. The van der Waals surface area contributed by atoms with E-state index < -0.39 is 22.5 Å². The fraction of sp³-hybridized carbons (Fsp3) is 0.200. The van der Waals surface area contributed by atoms with Crippen molar-refractivity contribution in [3.8, 4) is 0 Å². The Kier molecular flexibility index (Phi) is 2.14. The van der Waals surface area contributed by atoms with Gasteiger partial charge in [0.15, 0.2) is 10.3 Å². The van der Waals surface area contributed by atoms with Crippen LogP contribution in [0, 0.1) is 10.6 Å². The Balaban J connectivity index is 3.23. The van der Waals surface area contributed by atoms with E-state index in [0.717, 1.165) is 0 Å². The van der Waals surface area contributed by atoms with Gasteiger partial charge in [0.05, 0.1) is 0 Å². The molecule has 0 aliphatic heterocycles. The third kappa shape index (κ3) is 1.79. The number of hydrogen-bond acceptors (Lipinski definition) is 2. The number of aromatic nitrogens is 2. The molecule has 66 valence electrons. The van der Waals surface area contributed by atoms with Crippen molar-refractivity contribution in [3.05, 3.63) is 22.5 Å². The van der Waals surface area contributed by atoms with Crippen LogP contribution in [0.3, 0.4) is 0 Å². The van der Waals surface area contributed by atoms with Gasteiger partial charge < -0.3 is 4.98 Å². The number of H-pyrrole nitrogens is 1. The van der Waals surface area contributed by atoms with Crippen molar-refractivity contribution < 1.29 is 17.6 Å². The second kappa shape index (κ2) is 2.81. The summed E-state index contributed by atoms with van der Waals surface area (Å²) in [5.74, 6) is -1.32. The Morgan fingerprint density at radius 3 is 2.42 bits per heavy atom. The van der Waals surface area contributed by atoms with Crippen LogP contribution in [0.2, 0.25) is 0 Å². The third-order valence-electron chi connectivity index (χ3n) is 1.04. The van der Waals surface area contributed by atoms with Gasteiger partial charge in [-0.25, -0.2) is 4.98 Å². The average molecular weight is 198 g/mol. The molecule has 0 bridgehead atoms. The average Bonchev–Trinajstić information content (AvgIpc) is 1.92. The molecule has 0 saturated carbocycles. The maximum atomic E-state index is 12.4. The summed E-state index contributed by atoms with van der Waals surface area (Å²) >= 11 is 4.28. The minimum atomic E-state index is -4.65. The van der Waals surface area contributed by atoms with E-state index in [1.807, 2.05) is 4.98 Å². The monoisotopic (exact) mass is 198 g/mol. The van der Waals surface area contributed by atoms with Crippen LogP contribution in [0.25, 0.3) is 0 Å². The quantitative estimate of drug-likeness (QED) is 0.511. The first-order chi connectivity index (χ1) is 5.41. The zero-order valence-corrected chi connectivity index (χ0v) is 6.26. The molecule has 0 aliphatic carbocycles. The summed E-state index contributed by atoms with van der Waals surface area (Å²) in [4.78, 5) is 4.55. The molecule has 0 fully saturated rings. The molecule has 1 rings (SSSR count). The summed E-state index contributed by atoms with van der Waals surface area (Å²) in [6.07, 6.45) is -4.13. The molecule has 1 aromatic heterocycles. The van der Waals surface area contributed by atoms with Gasteiger partial charge in [-0.1, -0.05) is 12.2 Å². The molecule has 0 atom stereocenters. The van der Waals surface area contributed by atoms with Gasteiger partial charge in [-0.05, 0) is 0 Å².